The van der Waals surface area contributed by atoms with Crippen molar-refractivity contribution in [2.24, 2.45) is 5.92 Å². The number of halogens is 3. The summed E-state index contributed by atoms with van der Waals surface area (Å²) in [6, 6.07) is 1.87. The number of pyridine rings is 1. The fourth-order valence-electron chi connectivity index (χ4n) is 1.79. The molecule has 15 heavy (non-hydrogen) atoms. The van der Waals surface area contributed by atoms with Crippen LogP contribution in [0.5, 0.6) is 0 Å². The third kappa shape index (κ3) is 2.58. The number of rotatable bonds is 2. The van der Waals surface area contributed by atoms with Crippen LogP contribution in [0.4, 0.5) is 5.82 Å². The number of aromatic nitrogens is 1. The van der Waals surface area contributed by atoms with Crippen molar-refractivity contribution in [3.8, 4) is 0 Å². The summed E-state index contributed by atoms with van der Waals surface area (Å²) in [5, 5.41) is 0.652. The van der Waals surface area contributed by atoms with Crippen LogP contribution in [0.15, 0.2) is 16.7 Å². The zero-order valence-electron chi connectivity index (χ0n) is 8.09. The number of nitrogens with zero attached hydrogens (tertiary/aromatic N) is 2. The summed E-state index contributed by atoms with van der Waals surface area (Å²) in [6.07, 6.45) is 2.82. The maximum absolute atomic E-state index is 5.85. The normalized spacial score (nSPS) is 21.0. The van der Waals surface area contributed by atoms with Crippen LogP contribution in [0.2, 0.25) is 5.02 Å². The van der Waals surface area contributed by atoms with E-state index in [1.54, 1.807) is 6.20 Å². The van der Waals surface area contributed by atoms with Crippen LogP contribution >= 0.6 is 39.1 Å². The van der Waals surface area contributed by atoms with Gasteiger partial charge >= 0.3 is 0 Å². The highest BCUT2D eigenvalue weighted by Gasteiger charge is 2.23. The standard InChI is InChI=1S/C10H11BrCl2N2/c11-9-3-8(13)5-14-10(9)15-2-1-7(4-12)6-15/h3,5,7H,1-2,4,6H2. The van der Waals surface area contributed by atoms with E-state index in [2.05, 4.69) is 25.8 Å². The Bertz CT molecular complexity index is 359. The lowest BCUT2D eigenvalue weighted by Crippen LogP contribution is -2.21. The van der Waals surface area contributed by atoms with Crippen molar-refractivity contribution in [1.29, 1.82) is 0 Å². The van der Waals surface area contributed by atoms with Crippen molar-refractivity contribution in [2.75, 3.05) is 23.9 Å². The van der Waals surface area contributed by atoms with Crippen LogP contribution < -0.4 is 4.90 Å². The van der Waals surface area contributed by atoms with Crippen molar-refractivity contribution < 1.29 is 0 Å². The summed E-state index contributed by atoms with van der Waals surface area (Å²) < 4.78 is 0.949. The number of alkyl halides is 1. The van der Waals surface area contributed by atoms with E-state index < -0.39 is 0 Å². The molecule has 1 saturated heterocycles. The Morgan fingerprint density at radius 2 is 2.40 bits per heavy atom. The molecule has 2 heterocycles. The van der Waals surface area contributed by atoms with E-state index in [0.29, 0.717) is 10.9 Å². The van der Waals surface area contributed by atoms with Gasteiger partial charge in [-0.05, 0) is 34.3 Å². The largest absolute Gasteiger partial charge is 0.355 e. The van der Waals surface area contributed by atoms with E-state index in [-0.39, 0.29) is 0 Å². The molecule has 2 rings (SSSR count). The monoisotopic (exact) mass is 308 g/mol. The molecule has 0 bridgehead atoms. The topological polar surface area (TPSA) is 16.1 Å². The van der Waals surface area contributed by atoms with Crippen LogP contribution in [-0.4, -0.2) is 24.0 Å². The van der Waals surface area contributed by atoms with Gasteiger partial charge in [-0.1, -0.05) is 11.6 Å². The van der Waals surface area contributed by atoms with Crippen molar-refractivity contribution in [3.63, 3.8) is 0 Å². The molecular weight excluding hydrogens is 299 g/mol. The predicted molar refractivity (Wildman–Crippen MR) is 68.0 cm³/mol. The quantitative estimate of drug-likeness (QED) is 0.777. The lowest BCUT2D eigenvalue weighted by atomic mass is 10.2. The van der Waals surface area contributed by atoms with Crippen molar-refractivity contribution in [2.45, 2.75) is 6.42 Å². The second kappa shape index (κ2) is 4.89. The highest BCUT2D eigenvalue weighted by atomic mass is 79.9. The Kier molecular flexibility index (Phi) is 3.75. The maximum atomic E-state index is 5.85. The summed E-state index contributed by atoms with van der Waals surface area (Å²) in [5.41, 5.74) is 0. The van der Waals surface area contributed by atoms with Crippen LogP contribution in [0.3, 0.4) is 0 Å². The van der Waals surface area contributed by atoms with Crippen LogP contribution in [-0.2, 0) is 0 Å². The van der Waals surface area contributed by atoms with Gasteiger partial charge in [0.2, 0.25) is 0 Å². The van der Waals surface area contributed by atoms with E-state index in [0.717, 1.165) is 35.7 Å². The van der Waals surface area contributed by atoms with Crippen molar-refractivity contribution >= 4 is 44.9 Å². The number of anilines is 1. The van der Waals surface area contributed by atoms with Gasteiger partial charge in [-0.3, -0.25) is 0 Å². The minimum absolute atomic E-state index is 0.580. The van der Waals surface area contributed by atoms with E-state index in [4.69, 9.17) is 23.2 Å². The van der Waals surface area contributed by atoms with Gasteiger partial charge < -0.3 is 4.90 Å². The Morgan fingerprint density at radius 3 is 3.00 bits per heavy atom. The molecule has 0 spiro atoms. The SMILES string of the molecule is ClCC1CCN(c2ncc(Cl)cc2Br)C1. The van der Waals surface area contributed by atoms with E-state index in [1.807, 2.05) is 6.07 Å². The molecule has 2 nitrogen and oxygen atoms in total. The predicted octanol–water partition coefficient (Wildman–Crippen LogP) is 3.56. The summed E-state index contributed by atoms with van der Waals surface area (Å²) in [5.74, 6) is 2.27. The third-order valence-electron chi connectivity index (χ3n) is 2.59. The van der Waals surface area contributed by atoms with Crippen LogP contribution in [0, 0.1) is 5.92 Å². The number of hydrogen-bond donors (Lipinski definition) is 0. The van der Waals surface area contributed by atoms with Gasteiger partial charge in [-0.25, -0.2) is 4.98 Å². The highest BCUT2D eigenvalue weighted by molar-refractivity contribution is 9.10. The smallest absolute Gasteiger partial charge is 0.142 e. The lowest BCUT2D eigenvalue weighted by molar-refractivity contribution is 0.666. The average molecular weight is 310 g/mol. The molecule has 1 atom stereocenters. The summed E-state index contributed by atoms with van der Waals surface area (Å²) in [4.78, 5) is 6.58. The van der Waals surface area contributed by atoms with E-state index in [1.165, 1.54) is 0 Å². The van der Waals surface area contributed by atoms with E-state index in [9.17, 15) is 0 Å². The van der Waals surface area contributed by atoms with Gasteiger partial charge in [0.15, 0.2) is 0 Å². The zero-order valence-corrected chi connectivity index (χ0v) is 11.2. The molecule has 5 heteroatoms. The number of hydrogen-bond acceptors (Lipinski definition) is 2. The molecule has 0 aliphatic carbocycles. The third-order valence-corrected chi connectivity index (χ3v) is 3.82. The summed E-state index contributed by atoms with van der Waals surface area (Å²) in [7, 11) is 0. The molecule has 0 N–H and O–H groups in total. The second-order valence-electron chi connectivity index (χ2n) is 3.71. The van der Waals surface area contributed by atoms with Gasteiger partial charge in [0.1, 0.15) is 5.82 Å². The minimum atomic E-state index is 0.580. The van der Waals surface area contributed by atoms with Gasteiger partial charge in [0, 0.05) is 25.2 Å². The molecular formula is C10H11BrCl2N2. The summed E-state index contributed by atoms with van der Waals surface area (Å²) >= 11 is 15.2. The fraction of sp³-hybridized carbons (Fsp3) is 0.500. The minimum Gasteiger partial charge on any atom is -0.355 e. The van der Waals surface area contributed by atoms with E-state index >= 15 is 0 Å². The summed E-state index contributed by atoms with van der Waals surface area (Å²) in [6.45, 7) is 2.00. The van der Waals surface area contributed by atoms with Crippen LogP contribution in [0.1, 0.15) is 6.42 Å². The maximum Gasteiger partial charge on any atom is 0.142 e. The fourth-order valence-corrected chi connectivity index (χ4v) is 2.93. The lowest BCUT2D eigenvalue weighted by Gasteiger charge is -2.18. The Morgan fingerprint density at radius 1 is 1.60 bits per heavy atom. The Balaban J connectivity index is 2.17. The molecule has 0 amide bonds. The van der Waals surface area contributed by atoms with Crippen molar-refractivity contribution in [3.05, 3.63) is 21.8 Å². The van der Waals surface area contributed by atoms with Crippen LogP contribution in [0.25, 0.3) is 0 Å². The molecule has 1 aliphatic heterocycles. The first kappa shape index (κ1) is 11.5. The molecule has 1 fully saturated rings. The van der Waals surface area contributed by atoms with Crippen molar-refractivity contribution in [1.82, 2.24) is 4.98 Å². The molecule has 82 valence electrons. The van der Waals surface area contributed by atoms with Gasteiger partial charge in [0.25, 0.3) is 0 Å². The van der Waals surface area contributed by atoms with Gasteiger partial charge in [-0.15, -0.1) is 11.6 Å². The van der Waals surface area contributed by atoms with Gasteiger partial charge in [-0.2, -0.15) is 0 Å². The molecule has 1 aliphatic rings. The first-order chi connectivity index (χ1) is 7.20. The molecule has 0 saturated carbocycles. The molecule has 1 aromatic rings. The Labute approximate surface area is 108 Å². The zero-order chi connectivity index (χ0) is 10.8. The molecule has 1 unspecified atom stereocenters. The average Bonchev–Trinajstić information content (AvgIpc) is 2.66. The molecule has 1 aromatic heterocycles. The Hall–Kier alpha value is 0.01000. The highest BCUT2D eigenvalue weighted by Crippen LogP contribution is 2.30. The molecule has 0 aromatic carbocycles. The second-order valence-corrected chi connectivity index (χ2v) is 5.31. The molecule has 0 radical (unpaired) electrons. The first-order valence-electron chi connectivity index (χ1n) is 4.82. The van der Waals surface area contributed by atoms with Gasteiger partial charge in [0.05, 0.1) is 9.50 Å². The first-order valence-corrected chi connectivity index (χ1v) is 6.53.